The van der Waals surface area contributed by atoms with E-state index in [2.05, 4.69) is 31.4 Å². The van der Waals surface area contributed by atoms with Crippen molar-refractivity contribution >= 4 is 46.0 Å². The number of carbonyl (C=O) groups is 2. The Morgan fingerprint density at radius 3 is 2.67 bits per heavy atom. The van der Waals surface area contributed by atoms with Gasteiger partial charge in [0.15, 0.2) is 11.5 Å². The first-order valence-corrected chi connectivity index (χ1v) is 10.1. The molecule has 0 fully saturated rings. The predicted octanol–water partition coefficient (Wildman–Crippen LogP) is 2.51. The van der Waals surface area contributed by atoms with E-state index in [1.165, 1.54) is 12.1 Å². The summed E-state index contributed by atoms with van der Waals surface area (Å²) in [5.41, 5.74) is 2.77. The fourth-order valence-electron chi connectivity index (χ4n) is 2.72. The van der Waals surface area contributed by atoms with Crippen LogP contribution in [0.5, 0.6) is 11.5 Å². The number of hydrogen-bond donors (Lipinski definition) is 3. The monoisotopic (exact) mass is 469 g/mol. The van der Waals surface area contributed by atoms with Crippen LogP contribution in [-0.4, -0.2) is 40.1 Å². The minimum absolute atomic E-state index is 0.0313. The van der Waals surface area contributed by atoms with Gasteiger partial charge < -0.3 is 14.8 Å². The van der Waals surface area contributed by atoms with E-state index < -0.39 is 16.9 Å². The van der Waals surface area contributed by atoms with Gasteiger partial charge in [-0.3, -0.25) is 20.2 Å². The highest BCUT2D eigenvalue weighted by atomic mass is 32.1. The number of nitrogens with zero attached hydrogens (tertiary/aromatic N) is 4. The lowest BCUT2D eigenvalue weighted by molar-refractivity contribution is -0.385. The molecule has 3 N–H and O–H groups in total. The Morgan fingerprint density at radius 1 is 1.15 bits per heavy atom. The second kappa shape index (κ2) is 9.69. The minimum Gasteiger partial charge on any atom is -0.454 e. The van der Waals surface area contributed by atoms with Gasteiger partial charge in [0, 0.05) is 5.69 Å². The van der Waals surface area contributed by atoms with Gasteiger partial charge in [0.25, 0.3) is 5.69 Å². The zero-order chi connectivity index (χ0) is 23.2. The average Bonchev–Trinajstić information content (AvgIpc) is 3.42. The Hall–Kier alpha value is -4.59. The average molecular weight is 469 g/mol. The summed E-state index contributed by atoms with van der Waals surface area (Å²) in [5, 5.41) is 28.4. The number of ether oxygens (including phenoxy) is 2. The number of aromatic nitrogens is 2. The molecule has 33 heavy (non-hydrogen) atoms. The number of carbonyl (C=O) groups excluding carboxylic acids is 2. The highest BCUT2D eigenvalue weighted by Gasteiger charge is 2.22. The van der Waals surface area contributed by atoms with Gasteiger partial charge in [-0.05, 0) is 18.2 Å². The van der Waals surface area contributed by atoms with E-state index >= 15 is 0 Å². The van der Waals surface area contributed by atoms with E-state index in [1.54, 1.807) is 24.3 Å². The number of nitro groups is 1. The normalized spacial score (nSPS) is 11.9. The molecule has 168 valence electrons. The number of nitrogens with one attached hydrogen (secondary N) is 3. The molecule has 14 heteroatoms. The first-order chi connectivity index (χ1) is 16.0. The third-order valence-electron chi connectivity index (χ3n) is 4.14. The fraction of sp³-hybridized carbons (Fsp3) is 0.105. The number of urea groups is 1. The highest BCUT2D eigenvalue weighted by Crippen LogP contribution is 2.37. The number of hydrogen-bond acceptors (Lipinski definition) is 10. The smallest absolute Gasteiger partial charge is 0.325 e. The summed E-state index contributed by atoms with van der Waals surface area (Å²) < 4.78 is 10.3. The number of para-hydroxylation sites is 1. The second-order valence-corrected chi connectivity index (χ2v) is 7.50. The molecule has 0 saturated carbocycles. The molecule has 0 saturated heterocycles. The maximum Gasteiger partial charge on any atom is 0.325 e. The van der Waals surface area contributed by atoms with Crippen LogP contribution >= 0.6 is 11.3 Å². The number of nitro benzene ring substituents is 1. The Labute approximate surface area is 189 Å². The maximum absolute atomic E-state index is 12.1. The summed E-state index contributed by atoms with van der Waals surface area (Å²) in [4.78, 5) is 34.8. The van der Waals surface area contributed by atoms with Crippen LogP contribution < -0.4 is 25.5 Å². The van der Waals surface area contributed by atoms with Crippen LogP contribution in [0.4, 0.5) is 21.3 Å². The van der Waals surface area contributed by atoms with Gasteiger partial charge in [0.2, 0.25) is 17.8 Å². The Bertz CT molecular complexity index is 1230. The SMILES string of the molecule is O=C(Cc1nnc(NC(=O)Nc2ccccc2)s1)N/N=C\c1cc2c(cc1[N+](=O)[O-])OCO2. The van der Waals surface area contributed by atoms with Crippen molar-refractivity contribution in [1.82, 2.24) is 15.6 Å². The van der Waals surface area contributed by atoms with Crippen molar-refractivity contribution in [3.05, 3.63) is 63.1 Å². The number of anilines is 2. The molecular weight excluding hydrogens is 454 g/mol. The summed E-state index contributed by atoms with van der Waals surface area (Å²) in [6, 6.07) is 11.0. The van der Waals surface area contributed by atoms with Crippen LogP contribution in [0.1, 0.15) is 10.6 Å². The van der Waals surface area contributed by atoms with Gasteiger partial charge >= 0.3 is 6.03 Å². The Morgan fingerprint density at radius 2 is 1.91 bits per heavy atom. The first kappa shape index (κ1) is 21.6. The van der Waals surface area contributed by atoms with Crippen molar-refractivity contribution in [1.29, 1.82) is 0 Å². The molecule has 0 radical (unpaired) electrons. The first-order valence-electron chi connectivity index (χ1n) is 9.33. The van der Waals surface area contributed by atoms with E-state index in [9.17, 15) is 19.7 Å². The second-order valence-electron chi connectivity index (χ2n) is 6.44. The number of rotatable bonds is 7. The largest absolute Gasteiger partial charge is 0.454 e. The van der Waals surface area contributed by atoms with Crippen molar-refractivity contribution in [2.24, 2.45) is 5.10 Å². The van der Waals surface area contributed by atoms with E-state index in [1.807, 2.05) is 6.07 Å². The van der Waals surface area contributed by atoms with Gasteiger partial charge in [0.1, 0.15) is 5.01 Å². The van der Waals surface area contributed by atoms with Crippen molar-refractivity contribution in [2.75, 3.05) is 17.4 Å². The van der Waals surface area contributed by atoms with Gasteiger partial charge in [-0.1, -0.05) is 29.5 Å². The minimum atomic E-state index is -0.588. The van der Waals surface area contributed by atoms with E-state index in [4.69, 9.17) is 9.47 Å². The third-order valence-corrected chi connectivity index (χ3v) is 4.98. The van der Waals surface area contributed by atoms with Crippen molar-refractivity contribution in [2.45, 2.75) is 6.42 Å². The molecule has 1 aliphatic rings. The third kappa shape index (κ3) is 5.56. The quantitative estimate of drug-likeness (QED) is 0.269. The molecule has 1 aromatic heterocycles. The van der Waals surface area contributed by atoms with Crippen molar-refractivity contribution < 1.29 is 24.0 Å². The van der Waals surface area contributed by atoms with Crippen molar-refractivity contribution in [3.63, 3.8) is 0 Å². The standard InChI is InChI=1S/C19H15N7O6S/c27-16(23-20-9-11-6-14-15(32-10-31-14)7-13(11)26(29)30)8-17-24-25-19(33-17)22-18(28)21-12-4-2-1-3-5-12/h1-7,9H,8,10H2,(H,23,27)(H2,21,22,25,28)/b20-9-. The van der Waals surface area contributed by atoms with Crippen LogP contribution in [0.15, 0.2) is 47.6 Å². The zero-order valence-electron chi connectivity index (χ0n) is 16.7. The van der Waals surface area contributed by atoms with Gasteiger partial charge in [-0.2, -0.15) is 5.10 Å². The van der Waals surface area contributed by atoms with Crippen molar-refractivity contribution in [3.8, 4) is 11.5 Å². The molecule has 13 nitrogen and oxygen atoms in total. The van der Waals surface area contributed by atoms with E-state index in [0.717, 1.165) is 17.6 Å². The molecule has 2 heterocycles. The van der Waals surface area contributed by atoms with E-state index in [-0.39, 0.29) is 35.3 Å². The molecule has 0 bridgehead atoms. The summed E-state index contributed by atoms with van der Waals surface area (Å²) in [6.07, 6.45) is 0.985. The van der Waals surface area contributed by atoms with Crippen LogP contribution in [0, 0.1) is 10.1 Å². The predicted molar refractivity (Wildman–Crippen MR) is 118 cm³/mol. The van der Waals surface area contributed by atoms with Gasteiger partial charge in [-0.25, -0.2) is 10.2 Å². The molecule has 4 rings (SSSR count). The molecule has 3 amide bonds. The number of hydrazone groups is 1. The number of amides is 3. The van der Waals surface area contributed by atoms with Crippen LogP contribution in [0.25, 0.3) is 0 Å². The molecule has 0 aliphatic carbocycles. The Balaban J connectivity index is 1.31. The van der Waals surface area contributed by atoms with Crippen LogP contribution in [0.3, 0.4) is 0 Å². The summed E-state index contributed by atoms with van der Waals surface area (Å²) in [7, 11) is 0. The highest BCUT2D eigenvalue weighted by molar-refractivity contribution is 7.15. The molecule has 1 aliphatic heterocycles. The maximum atomic E-state index is 12.1. The lowest BCUT2D eigenvalue weighted by atomic mass is 10.1. The summed E-state index contributed by atoms with van der Waals surface area (Å²) >= 11 is 1.02. The summed E-state index contributed by atoms with van der Waals surface area (Å²) in [5.74, 6) is 0.0886. The molecule has 3 aromatic rings. The fourth-order valence-corrected chi connectivity index (χ4v) is 3.45. The topological polar surface area (TPSA) is 170 Å². The molecule has 0 unspecified atom stereocenters. The molecule has 0 spiro atoms. The van der Waals surface area contributed by atoms with Crippen LogP contribution in [0.2, 0.25) is 0 Å². The Kier molecular flexibility index (Phi) is 6.36. The number of benzene rings is 2. The molecule has 2 aromatic carbocycles. The lowest BCUT2D eigenvalue weighted by Crippen LogP contribution is -2.19. The van der Waals surface area contributed by atoms with Crippen LogP contribution in [-0.2, 0) is 11.2 Å². The van der Waals surface area contributed by atoms with Gasteiger partial charge in [0.05, 0.1) is 29.2 Å². The summed E-state index contributed by atoms with van der Waals surface area (Å²) in [6.45, 7) is -0.0313. The molecular formula is C19H15N7O6S. The van der Waals surface area contributed by atoms with E-state index in [0.29, 0.717) is 16.4 Å². The molecule has 0 atom stereocenters. The number of fused-ring (bicyclic) bond motifs is 1. The lowest BCUT2D eigenvalue weighted by Gasteiger charge is -2.03. The van der Waals surface area contributed by atoms with Gasteiger partial charge in [-0.15, -0.1) is 10.2 Å². The zero-order valence-corrected chi connectivity index (χ0v) is 17.5.